The average Bonchev–Trinajstić information content (AvgIpc) is 2.79. The van der Waals surface area contributed by atoms with Crippen LogP contribution in [0.2, 0.25) is 0 Å². The van der Waals surface area contributed by atoms with Crippen molar-refractivity contribution in [3.8, 4) is 0 Å². The molecular formula is C15H19N3O3. The highest BCUT2D eigenvalue weighted by molar-refractivity contribution is 6.02. The van der Waals surface area contributed by atoms with Gasteiger partial charge in [-0.05, 0) is 12.1 Å². The van der Waals surface area contributed by atoms with E-state index >= 15 is 0 Å². The van der Waals surface area contributed by atoms with E-state index in [4.69, 9.17) is 5.73 Å². The molecule has 0 radical (unpaired) electrons. The van der Waals surface area contributed by atoms with Crippen LogP contribution in [-0.2, 0) is 19.9 Å². The molecule has 3 amide bonds. The molecule has 1 aromatic rings. The van der Waals surface area contributed by atoms with Crippen molar-refractivity contribution in [1.29, 1.82) is 0 Å². The molecule has 1 aliphatic rings. The summed E-state index contributed by atoms with van der Waals surface area (Å²) in [6, 6.07) is 8.93. The second-order valence-electron chi connectivity index (χ2n) is 5.04. The van der Waals surface area contributed by atoms with Crippen molar-refractivity contribution in [3.63, 3.8) is 0 Å². The molecular weight excluding hydrogens is 270 g/mol. The number of hydrogen-bond acceptors (Lipinski definition) is 4. The first-order chi connectivity index (χ1) is 10.0. The molecule has 1 aromatic carbocycles. The number of hydrogen-bond donors (Lipinski definition) is 2. The van der Waals surface area contributed by atoms with E-state index in [9.17, 15) is 14.4 Å². The second kappa shape index (κ2) is 6.05. The summed E-state index contributed by atoms with van der Waals surface area (Å²) in [4.78, 5) is 36.9. The van der Waals surface area contributed by atoms with Gasteiger partial charge in [0.25, 0.3) is 0 Å². The Balaban J connectivity index is 2.42. The van der Waals surface area contributed by atoms with Crippen LogP contribution in [0.5, 0.6) is 0 Å². The van der Waals surface area contributed by atoms with Crippen LogP contribution in [0.15, 0.2) is 30.3 Å². The first-order valence-electron chi connectivity index (χ1n) is 6.95. The van der Waals surface area contributed by atoms with E-state index in [-0.39, 0.29) is 31.2 Å². The van der Waals surface area contributed by atoms with Crippen LogP contribution >= 0.6 is 0 Å². The minimum Gasteiger partial charge on any atom is -0.368 e. The summed E-state index contributed by atoms with van der Waals surface area (Å²) in [6.07, 6.45) is 0.378. The normalized spacial score (nSPS) is 17.9. The summed E-state index contributed by atoms with van der Waals surface area (Å²) in [5.74, 6) is -1.14. The summed E-state index contributed by atoms with van der Waals surface area (Å²) in [7, 11) is 0. The average molecular weight is 289 g/mol. The van der Waals surface area contributed by atoms with Gasteiger partial charge in [-0.3, -0.25) is 24.6 Å². The van der Waals surface area contributed by atoms with Crippen LogP contribution in [0.1, 0.15) is 25.3 Å². The first kappa shape index (κ1) is 15.2. The number of carbonyl (C=O) groups excluding carboxylic acids is 3. The van der Waals surface area contributed by atoms with Gasteiger partial charge in [0.05, 0.1) is 6.54 Å². The number of benzene rings is 1. The lowest BCUT2D eigenvalue weighted by atomic mass is 9.88. The summed E-state index contributed by atoms with van der Waals surface area (Å²) >= 11 is 0. The highest BCUT2D eigenvalue weighted by atomic mass is 16.2. The molecule has 1 heterocycles. The highest BCUT2D eigenvalue weighted by Crippen LogP contribution is 2.25. The van der Waals surface area contributed by atoms with E-state index in [0.29, 0.717) is 12.1 Å². The zero-order chi connectivity index (χ0) is 15.5. The molecule has 1 aliphatic heterocycles. The zero-order valence-corrected chi connectivity index (χ0v) is 12.0. The van der Waals surface area contributed by atoms with Gasteiger partial charge >= 0.3 is 0 Å². The van der Waals surface area contributed by atoms with Crippen molar-refractivity contribution in [2.24, 2.45) is 5.73 Å². The van der Waals surface area contributed by atoms with Crippen molar-refractivity contribution in [1.82, 2.24) is 10.2 Å². The quantitative estimate of drug-likeness (QED) is 0.728. The Morgan fingerprint density at radius 2 is 1.81 bits per heavy atom. The molecule has 2 rings (SSSR count). The van der Waals surface area contributed by atoms with Crippen LogP contribution in [0.3, 0.4) is 0 Å². The molecule has 6 nitrogen and oxygen atoms in total. The van der Waals surface area contributed by atoms with Crippen LogP contribution < -0.4 is 11.1 Å². The summed E-state index contributed by atoms with van der Waals surface area (Å²) in [5.41, 5.74) is 5.00. The number of nitrogens with one attached hydrogen (secondary N) is 1. The van der Waals surface area contributed by atoms with Crippen LogP contribution in [0.25, 0.3) is 0 Å². The number of amides is 3. The Hall–Kier alpha value is -2.21. The largest absolute Gasteiger partial charge is 0.368 e. The maximum Gasteiger partial charge on any atom is 0.244 e. The van der Waals surface area contributed by atoms with Crippen LogP contribution in [-0.4, -0.2) is 35.7 Å². The highest BCUT2D eigenvalue weighted by Gasteiger charge is 2.43. The Morgan fingerprint density at radius 1 is 1.24 bits per heavy atom. The molecule has 0 spiro atoms. The third-order valence-electron chi connectivity index (χ3n) is 3.72. The Labute approximate surface area is 123 Å². The topological polar surface area (TPSA) is 92.5 Å². The van der Waals surface area contributed by atoms with Gasteiger partial charge in [0, 0.05) is 12.8 Å². The molecule has 0 saturated carbocycles. The van der Waals surface area contributed by atoms with Gasteiger partial charge in [-0.15, -0.1) is 0 Å². The molecule has 1 saturated heterocycles. The Kier molecular flexibility index (Phi) is 4.37. The van der Waals surface area contributed by atoms with Gasteiger partial charge in [0.1, 0.15) is 5.54 Å². The van der Waals surface area contributed by atoms with Gasteiger partial charge in [-0.25, -0.2) is 0 Å². The molecule has 0 bridgehead atoms. The fraction of sp³-hybridized carbons (Fsp3) is 0.400. The van der Waals surface area contributed by atoms with E-state index in [0.717, 1.165) is 4.90 Å². The fourth-order valence-electron chi connectivity index (χ4n) is 2.62. The molecule has 1 unspecified atom stereocenters. The maximum absolute atomic E-state index is 12.1. The number of nitrogens with two attached hydrogens (primary N) is 1. The number of likely N-dealkylation sites (tertiary alicyclic amines) is 1. The van der Waals surface area contributed by atoms with Crippen LogP contribution in [0.4, 0.5) is 0 Å². The van der Waals surface area contributed by atoms with Crippen molar-refractivity contribution in [2.75, 3.05) is 13.1 Å². The number of likely N-dealkylation sites (N-methyl/N-ethyl adjacent to an activating group) is 1. The number of primary amides is 1. The smallest absolute Gasteiger partial charge is 0.244 e. The van der Waals surface area contributed by atoms with E-state index in [1.54, 1.807) is 24.3 Å². The Bertz CT molecular complexity index is 543. The summed E-state index contributed by atoms with van der Waals surface area (Å²) < 4.78 is 0. The summed E-state index contributed by atoms with van der Waals surface area (Å²) in [5, 5.41) is 3.06. The van der Waals surface area contributed by atoms with E-state index in [1.807, 2.05) is 13.0 Å². The van der Waals surface area contributed by atoms with Crippen molar-refractivity contribution in [3.05, 3.63) is 35.9 Å². The van der Waals surface area contributed by atoms with Gasteiger partial charge < -0.3 is 5.73 Å². The third kappa shape index (κ3) is 2.80. The lowest BCUT2D eigenvalue weighted by Crippen LogP contribution is -2.59. The van der Waals surface area contributed by atoms with Crippen molar-refractivity contribution >= 4 is 17.7 Å². The molecule has 6 heteroatoms. The van der Waals surface area contributed by atoms with Gasteiger partial charge in [-0.1, -0.05) is 37.3 Å². The third-order valence-corrected chi connectivity index (χ3v) is 3.72. The minimum absolute atomic E-state index is 0.0716. The molecule has 1 fully saturated rings. The van der Waals surface area contributed by atoms with Gasteiger partial charge in [0.15, 0.2) is 0 Å². The first-order valence-corrected chi connectivity index (χ1v) is 6.95. The van der Waals surface area contributed by atoms with E-state index < -0.39 is 11.4 Å². The minimum atomic E-state index is -1.26. The summed E-state index contributed by atoms with van der Waals surface area (Å²) in [6.45, 7) is 2.25. The maximum atomic E-state index is 12.1. The molecule has 1 atom stereocenters. The SMILES string of the molecule is CCNC(CN1C(=O)CCC1=O)(C(N)=O)c1ccccc1. The monoisotopic (exact) mass is 289 g/mol. The van der Waals surface area contributed by atoms with E-state index in [1.165, 1.54) is 0 Å². The number of carbonyl (C=O) groups is 3. The Morgan fingerprint density at radius 3 is 2.29 bits per heavy atom. The number of rotatable bonds is 6. The van der Waals surface area contributed by atoms with Gasteiger partial charge in [-0.2, -0.15) is 0 Å². The number of nitrogens with zero attached hydrogens (tertiary/aromatic N) is 1. The lowest BCUT2D eigenvalue weighted by Gasteiger charge is -2.34. The lowest BCUT2D eigenvalue weighted by molar-refractivity contribution is -0.140. The predicted molar refractivity (Wildman–Crippen MR) is 76.9 cm³/mol. The molecule has 112 valence electrons. The van der Waals surface area contributed by atoms with Crippen LogP contribution in [0, 0.1) is 0 Å². The standard InChI is InChI=1S/C15H19N3O3/c1-2-17-15(14(16)21,11-6-4-3-5-7-11)10-18-12(19)8-9-13(18)20/h3-7,17H,2,8-10H2,1H3,(H2,16,21). The van der Waals surface area contributed by atoms with Crippen molar-refractivity contribution in [2.45, 2.75) is 25.3 Å². The van der Waals surface area contributed by atoms with Gasteiger partial charge in [0.2, 0.25) is 17.7 Å². The fourth-order valence-corrected chi connectivity index (χ4v) is 2.62. The predicted octanol–water partition coefficient (Wildman–Crippen LogP) is 0.126. The van der Waals surface area contributed by atoms with E-state index in [2.05, 4.69) is 5.32 Å². The molecule has 0 aromatic heterocycles. The van der Waals surface area contributed by atoms with Crippen molar-refractivity contribution < 1.29 is 14.4 Å². The zero-order valence-electron chi connectivity index (χ0n) is 12.0. The molecule has 3 N–H and O–H groups in total. The second-order valence-corrected chi connectivity index (χ2v) is 5.04. The molecule has 21 heavy (non-hydrogen) atoms. The molecule has 0 aliphatic carbocycles. The number of imide groups is 1.